The van der Waals surface area contributed by atoms with Gasteiger partial charge in [0.05, 0.1) is 0 Å². The maximum Gasteiger partial charge on any atom is 0.259 e. The van der Waals surface area contributed by atoms with Crippen LogP contribution in [0.1, 0.15) is 43.0 Å². The molecule has 1 atom stereocenters. The molecule has 2 fully saturated rings. The summed E-state index contributed by atoms with van der Waals surface area (Å²) in [4.78, 5) is 26.6. The third-order valence-electron chi connectivity index (χ3n) is 5.64. The summed E-state index contributed by atoms with van der Waals surface area (Å²) < 4.78 is 0. The Kier molecular flexibility index (Phi) is 4.74. The smallest absolute Gasteiger partial charge is 0.259 e. The second-order valence-electron chi connectivity index (χ2n) is 7.35. The summed E-state index contributed by atoms with van der Waals surface area (Å²) in [6, 6.07) is 0.385. The van der Waals surface area contributed by atoms with E-state index in [1.54, 1.807) is 6.20 Å². The molecule has 0 radical (unpaired) electrons. The van der Waals surface area contributed by atoms with Crippen LogP contribution in [0.2, 0.25) is 0 Å². The van der Waals surface area contributed by atoms with E-state index in [0.717, 1.165) is 64.3 Å². The molecule has 136 valence electrons. The summed E-state index contributed by atoms with van der Waals surface area (Å²) in [5, 5.41) is 6.58. The topological polar surface area (TPSA) is 73.4 Å². The fraction of sp³-hybridized carbons (Fsp3) is 0.722. The van der Waals surface area contributed by atoms with Crippen LogP contribution in [0.25, 0.3) is 0 Å². The quantitative estimate of drug-likeness (QED) is 0.859. The van der Waals surface area contributed by atoms with Crippen molar-refractivity contribution in [3.63, 3.8) is 0 Å². The molecule has 1 unspecified atom stereocenters. The van der Waals surface area contributed by atoms with Crippen molar-refractivity contribution in [2.75, 3.05) is 49.5 Å². The number of carbonyl (C=O) groups is 1. The molecule has 3 aliphatic heterocycles. The first-order valence-electron chi connectivity index (χ1n) is 9.63. The average molecular weight is 344 g/mol. The number of fused-ring (bicyclic) bond motifs is 3. The van der Waals surface area contributed by atoms with Crippen LogP contribution in [0.5, 0.6) is 0 Å². The van der Waals surface area contributed by atoms with Gasteiger partial charge in [0.25, 0.3) is 5.91 Å². The van der Waals surface area contributed by atoms with Gasteiger partial charge in [-0.05, 0) is 51.6 Å². The van der Waals surface area contributed by atoms with E-state index in [2.05, 4.69) is 30.4 Å². The zero-order chi connectivity index (χ0) is 17.2. The monoisotopic (exact) mass is 344 g/mol. The maximum absolute atomic E-state index is 13.2. The Morgan fingerprint density at radius 3 is 2.96 bits per heavy atom. The van der Waals surface area contributed by atoms with Gasteiger partial charge >= 0.3 is 0 Å². The fourth-order valence-electron chi connectivity index (χ4n) is 4.33. The van der Waals surface area contributed by atoms with Crippen molar-refractivity contribution in [3.05, 3.63) is 11.8 Å². The molecule has 7 heteroatoms. The summed E-state index contributed by atoms with van der Waals surface area (Å²) in [7, 11) is 0. The lowest BCUT2D eigenvalue weighted by molar-refractivity contribution is 0.0714. The van der Waals surface area contributed by atoms with E-state index in [0.29, 0.717) is 23.5 Å². The van der Waals surface area contributed by atoms with Gasteiger partial charge in [-0.2, -0.15) is 4.98 Å². The summed E-state index contributed by atoms with van der Waals surface area (Å²) >= 11 is 0. The number of hydrogen-bond acceptors (Lipinski definition) is 6. The first-order valence-corrected chi connectivity index (χ1v) is 9.63. The number of anilines is 2. The Hall–Kier alpha value is -1.89. The van der Waals surface area contributed by atoms with Crippen LogP contribution in [0.4, 0.5) is 11.8 Å². The lowest BCUT2D eigenvalue weighted by Gasteiger charge is -2.31. The Balaban J connectivity index is 1.63. The highest BCUT2D eigenvalue weighted by Gasteiger charge is 2.37. The highest BCUT2D eigenvalue weighted by molar-refractivity contribution is 5.99. The molecule has 7 nitrogen and oxygen atoms in total. The van der Waals surface area contributed by atoms with Crippen LogP contribution >= 0.6 is 0 Å². The highest BCUT2D eigenvalue weighted by atomic mass is 16.2. The van der Waals surface area contributed by atoms with E-state index in [1.807, 2.05) is 6.92 Å². The van der Waals surface area contributed by atoms with Crippen LogP contribution in [0.15, 0.2) is 6.20 Å². The molecule has 0 aromatic carbocycles. The van der Waals surface area contributed by atoms with Gasteiger partial charge in [0.15, 0.2) is 0 Å². The van der Waals surface area contributed by atoms with Crippen LogP contribution in [-0.2, 0) is 0 Å². The third-order valence-corrected chi connectivity index (χ3v) is 5.64. The van der Waals surface area contributed by atoms with Gasteiger partial charge < -0.3 is 20.4 Å². The van der Waals surface area contributed by atoms with Crippen LogP contribution < -0.4 is 15.5 Å². The molecule has 3 aliphatic rings. The standard InChI is InChI=1S/C18H28N6O/c1-2-20-18-21-10-15-16(22-18)24-9-3-4-14(24)12-23(17(15)25)11-13-5-7-19-8-6-13/h10,13-14,19H,2-9,11-12H2,1H3,(H,20,21,22). The van der Waals surface area contributed by atoms with Gasteiger partial charge in [0, 0.05) is 38.4 Å². The van der Waals surface area contributed by atoms with Crippen molar-refractivity contribution in [2.24, 2.45) is 5.92 Å². The molecule has 1 aromatic heterocycles. The fourth-order valence-corrected chi connectivity index (χ4v) is 4.33. The highest BCUT2D eigenvalue weighted by Crippen LogP contribution is 2.32. The molecule has 4 heterocycles. The lowest BCUT2D eigenvalue weighted by atomic mass is 9.97. The van der Waals surface area contributed by atoms with Crippen molar-refractivity contribution in [3.8, 4) is 0 Å². The molecule has 2 saturated heterocycles. The van der Waals surface area contributed by atoms with E-state index in [1.165, 1.54) is 6.42 Å². The third kappa shape index (κ3) is 3.29. The molecule has 2 N–H and O–H groups in total. The van der Waals surface area contributed by atoms with Gasteiger partial charge in [-0.25, -0.2) is 4.98 Å². The molecule has 4 rings (SSSR count). The minimum atomic E-state index is 0.103. The Morgan fingerprint density at radius 1 is 1.32 bits per heavy atom. The molecule has 0 aliphatic carbocycles. The predicted molar refractivity (Wildman–Crippen MR) is 98.1 cm³/mol. The number of nitrogens with one attached hydrogen (secondary N) is 2. The minimum Gasteiger partial charge on any atom is -0.354 e. The average Bonchev–Trinajstić information content (AvgIpc) is 3.06. The van der Waals surface area contributed by atoms with Gasteiger partial charge in [0.1, 0.15) is 11.4 Å². The van der Waals surface area contributed by atoms with E-state index >= 15 is 0 Å². The summed E-state index contributed by atoms with van der Waals surface area (Å²) in [6.45, 7) is 7.59. The van der Waals surface area contributed by atoms with Crippen LogP contribution in [0.3, 0.4) is 0 Å². The minimum absolute atomic E-state index is 0.103. The maximum atomic E-state index is 13.2. The molecular formula is C18H28N6O. The first kappa shape index (κ1) is 16.6. The predicted octanol–water partition coefficient (Wildman–Crippen LogP) is 1.33. The molecule has 25 heavy (non-hydrogen) atoms. The second-order valence-corrected chi connectivity index (χ2v) is 7.35. The van der Waals surface area contributed by atoms with Crippen molar-refractivity contribution >= 4 is 17.7 Å². The van der Waals surface area contributed by atoms with Gasteiger partial charge in [-0.15, -0.1) is 0 Å². The number of piperidine rings is 1. The Labute approximate surface area is 149 Å². The lowest BCUT2D eigenvalue weighted by Crippen LogP contribution is -2.43. The largest absolute Gasteiger partial charge is 0.354 e. The summed E-state index contributed by atoms with van der Waals surface area (Å²) in [5.41, 5.74) is 0.667. The van der Waals surface area contributed by atoms with Crippen molar-refractivity contribution in [1.82, 2.24) is 20.2 Å². The van der Waals surface area contributed by atoms with Crippen LogP contribution in [-0.4, -0.2) is 66.1 Å². The number of amides is 1. The van der Waals surface area contributed by atoms with Crippen molar-refractivity contribution in [2.45, 2.75) is 38.6 Å². The molecular weight excluding hydrogens is 316 g/mol. The van der Waals surface area contributed by atoms with Crippen LogP contribution in [0, 0.1) is 5.92 Å². The van der Waals surface area contributed by atoms with Gasteiger partial charge in [-0.1, -0.05) is 0 Å². The molecule has 1 aromatic rings. The summed E-state index contributed by atoms with van der Waals surface area (Å²) in [6.07, 6.45) is 6.33. The Morgan fingerprint density at radius 2 is 2.16 bits per heavy atom. The SMILES string of the molecule is CCNc1ncc2c(n1)N1CCCC1CN(CC1CCNCC1)C2=O. The first-order chi connectivity index (χ1) is 12.3. The normalized spacial score (nSPS) is 24.0. The molecule has 0 saturated carbocycles. The second kappa shape index (κ2) is 7.15. The van der Waals surface area contributed by atoms with Gasteiger partial charge in [-0.3, -0.25) is 4.79 Å². The molecule has 0 spiro atoms. The number of carbonyl (C=O) groups excluding carboxylic acids is 1. The zero-order valence-electron chi connectivity index (χ0n) is 15.0. The van der Waals surface area contributed by atoms with Gasteiger partial charge in [0.2, 0.25) is 5.95 Å². The number of aromatic nitrogens is 2. The van der Waals surface area contributed by atoms with E-state index in [9.17, 15) is 4.79 Å². The number of rotatable bonds is 4. The number of hydrogen-bond donors (Lipinski definition) is 2. The molecule has 0 bridgehead atoms. The number of nitrogens with zero attached hydrogens (tertiary/aromatic N) is 4. The van der Waals surface area contributed by atoms with Crippen molar-refractivity contribution < 1.29 is 4.79 Å². The Bertz CT molecular complexity index is 630. The summed E-state index contributed by atoms with van der Waals surface area (Å²) in [5.74, 6) is 2.15. The molecule has 1 amide bonds. The zero-order valence-corrected chi connectivity index (χ0v) is 15.0. The van der Waals surface area contributed by atoms with E-state index in [-0.39, 0.29) is 5.91 Å². The van der Waals surface area contributed by atoms with E-state index in [4.69, 9.17) is 0 Å². The van der Waals surface area contributed by atoms with E-state index < -0.39 is 0 Å². The van der Waals surface area contributed by atoms with Crippen molar-refractivity contribution in [1.29, 1.82) is 0 Å².